The molecule has 2 heterocycles. The molecule has 2 aromatic rings. The van der Waals surface area contributed by atoms with Crippen LogP contribution in [0.2, 0.25) is 0 Å². The van der Waals surface area contributed by atoms with Crippen LogP contribution < -0.4 is 10.2 Å². The molecular formula is C19H24N4O2. The predicted octanol–water partition coefficient (Wildman–Crippen LogP) is 3.45. The molecule has 6 heteroatoms. The lowest BCUT2D eigenvalue weighted by molar-refractivity contribution is -0.142. The topological polar surface area (TPSA) is 78.4 Å². The first-order chi connectivity index (χ1) is 11.9. The van der Waals surface area contributed by atoms with Gasteiger partial charge < -0.3 is 15.3 Å². The molecule has 1 saturated heterocycles. The Labute approximate surface area is 147 Å². The third-order valence-electron chi connectivity index (χ3n) is 4.77. The lowest BCUT2D eigenvalue weighted by Gasteiger charge is -2.31. The Balaban J connectivity index is 1.76. The van der Waals surface area contributed by atoms with E-state index in [0.717, 1.165) is 17.3 Å². The Kier molecular flexibility index (Phi) is 4.88. The Hall–Kier alpha value is -2.63. The van der Waals surface area contributed by atoms with E-state index in [1.54, 1.807) is 0 Å². The van der Waals surface area contributed by atoms with E-state index >= 15 is 0 Å². The molecule has 1 aliphatic heterocycles. The summed E-state index contributed by atoms with van der Waals surface area (Å²) in [5.41, 5.74) is 3.48. The lowest BCUT2D eigenvalue weighted by Crippen LogP contribution is -2.36. The molecule has 0 spiro atoms. The van der Waals surface area contributed by atoms with Crippen LogP contribution in [0.1, 0.15) is 29.8 Å². The summed E-state index contributed by atoms with van der Waals surface area (Å²) >= 11 is 0. The van der Waals surface area contributed by atoms with Crippen LogP contribution in [0.4, 0.5) is 17.3 Å². The Morgan fingerprint density at radius 1 is 1.12 bits per heavy atom. The molecule has 0 unspecified atom stereocenters. The Morgan fingerprint density at radius 2 is 1.84 bits per heavy atom. The number of anilines is 3. The maximum absolute atomic E-state index is 11.1. The summed E-state index contributed by atoms with van der Waals surface area (Å²) in [6.07, 6.45) is 1.30. The molecule has 25 heavy (non-hydrogen) atoms. The minimum atomic E-state index is -0.699. The zero-order valence-electron chi connectivity index (χ0n) is 14.9. The fourth-order valence-electron chi connectivity index (χ4n) is 3.10. The molecule has 1 aromatic heterocycles. The number of aliphatic carboxylic acids is 1. The van der Waals surface area contributed by atoms with Gasteiger partial charge in [0.25, 0.3) is 0 Å². The summed E-state index contributed by atoms with van der Waals surface area (Å²) in [4.78, 5) is 22.2. The summed E-state index contributed by atoms with van der Waals surface area (Å²) in [5.74, 6) is 1.36. The maximum atomic E-state index is 11.1. The number of nitrogens with zero attached hydrogens (tertiary/aromatic N) is 3. The van der Waals surface area contributed by atoms with E-state index in [0.29, 0.717) is 31.8 Å². The second-order valence-electron chi connectivity index (χ2n) is 6.68. The second-order valence-corrected chi connectivity index (χ2v) is 6.68. The Bertz CT molecular complexity index is 783. The van der Waals surface area contributed by atoms with Crippen molar-refractivity contribution in [3.8, 4) is 0 Å². The molecule has 132 valence electrons. The Morgan fingerprint density at radius 3 is 2.48 bits per heavy atom. The van der Waals surface area contributed by atoms with Crippen LogP contribution in [0.25, 0.3) is 0 Å². The number of hydrogen-bond donors (Lipinski definition) is 2. The van der Waals surface area contributed by atoms with Gasteiger partial charge in [-0.3, -0.25) is 4.79 Å². The summed E-state index contributed by atoms with van der Waals surface area (Å²) in [6.45, 7) is 7.46. The zero-order valence-corrected chi connectivity index (χ0v) is 14.9. The first-order valence-corrected chi connectivity index (χ1v) is 8.60. The van der Waals surface area contributed by atoms with Crippen LogP contribution in [-0.2, 0) is 4.79 Å². The maximum Gasteiger partial charge on any atom is 0.306 e. The fraction of sp³-hybridized carbons (Fsp3) is 0.421. The van der Waals surface area contributed by atoms with Gasteiger partial charge in [0.2, 0.25) is 0 Å². The van der Waals surface area contributed by atoms with Crippen molar-refractivity contribution in [2.75, 3.05) is 23.3 Å². The summed E-state index contributed by atoms with van der Waals surface area (Å²) in [6, 6.07) is 8.16. The summed E-state index contributed by atoms with van der Waals surface area (Å²) < 4.78 is 0. The number of piperidine rings is 1. The molecule has 0 atom stereocenters. The minimum absolute atomic E-state index is 0.243. The predicted molar refractivity (Wildman–Crippen MR) is 98.5 cm³/mol. The molecule has 0 saturated carbocycles. The van der Waals surface area contributed by atoms with Crippen molar-refractivity contribution in [3.05, 3.63) is 41.2 Å². The molecule has 2 N–H and O–H groups in total. The van der Waals surface area contributed by atoms with Gasteiger partial charge >= 0.3 is 5.97 Å². The zero-order chi connectivity index (χ0) is 18.0. The molecule has 1 fully saturated rings. The van der Waals surface area contributed by atoms with Gasteiger partial charge in [-0.25, -0.2) is 9.97 Å². The van der Waals surface area contributed by atoms with Crippen molar-refractivity contribution in [2.45, 2.75) is 33.6 Å². The van der Waals surface area contributed by atoms with E-state index < -0.39 is 5.97 Å². The van der Waals surface area contributed by atoms with Crippen molar-refractivity contribution in [3.63, 3.8) is 0 Å². The van der Waals surface area contributed by atoms with Gasteiger partial charge in [0.1, 0.15) is 17.5 Å². The molecule has 0 amide bonds. The van der Waals surface area contributed by atoms with Crippen LogP contribution in [0.15, 0.2) is 24.3 Å². The van der Waals surface area contributed by atoms with Crippen molar-refractivity contribution in [2.24, 2.45) is 5.92 Å². The van der Waals surface area contributed by atoms with Gasteiger partial charge in [-0.05, 0) is 56.9 Å². The molecular weight excluding hydrogens is 316 g/mol. The van der Waals surface area contributed by atoms with Crippen LogP contribution >= 0.6 is 0 Å². The third kappa shape index (κ3) is 4.07. The number of carboxylic acids is 1. The monoisotopic (exact) mass is 340 g/mol. The second kappa shape index (κ2) is 7.09. The molecule has 3 rings (SSSR count). The van der Waals surface area contributed by atoms with Gasteiger partial charge in [0, 0.05) is 24.8 Å². The van der Waals surface area contributed by atoms with Gasteiger partial charge in [0.05, 0.1) is 5.92 Å². The number of aryl methyl sites for hydroxylation is 3. The van der Waals surface area contributed by atoms with Crippen molar-refractivity contribution in [1.82, 2.24) is 9.97 Å². The number of rotatable bonds is 4. The first kappa shape index (κ1) is 17.2. The molecule has 6 nitrogen and oxygen atoms in total. The van der Waals surface area contributed by atoms with E-state index in [1.807, 2.05) is 19.1 Å². The highest BCUT2D eigenvalue weighted by Gasteiger charge is 2.25. The van der Waals surface area contributed by atoms with Gasteiger partial charge in [-0.2, -0.15) is 0 Å². The van der Waals surface area contributed by atoms with E-state index in [9.17, 15) is 4.79 Å². The smallest absolute Gasteiger partial charge is 0.306 e. The van der Waals surface area contributed by atoms with Gasteiger partial charge in [0.15, 0.2) is 0 Å². The van der Waals surface area contributed by atoms with Gasteiger partial charge in [-0.1, -0.05) is 6.07 Å². The highest BCUT2D eigenvalue weighted by atomic mass is 16.4. The number of benzene rings is 1. The van der Waals surface area contributed by atoms with Crippen LogP contribution in [0.3, 0.4) is 0 Å². The quantitative estimate of drug-likeness (QED) is 0.887. The van der Waals surface area contributed by atoms with Crippen molar-refractivity contribution < 1.29 is 9.90 Å². The van der Waals surface area contributed by atoms with Crippen molar-refractivity contribution in [1.29, 1.82) is 0 Å². The normalized spacial score (nSPS) is 15.2. The average Bonchev–Trinajstić information content (AvgIpc) is 2.58. The van der Waals surface area contributed by atoms with Crippen LogP contribution in [0, 0.1) is 26.7 Å². The number of carboxylic acid groups (broad SMARTS) is 1. The molecule has 0 bridgehead atoms. The third-order valence-corrected chi connectivity index (χ3v) is 4.77. The largest absolute Gasteiger partial charge is 0.481 e. The lowest BCUT2D eigenvalue weighted by atomic mass is 9.97. The molecule has 0 radical (unpaired) electrons. The first-order valence-electron chi connectivity index (χ1n) is 8.60. The standard InChI is InChI=1S/C19H24N4O2/c1-12-4-5-16(10-13(12)2)22-17-11-18(21-14(3)20-17)23-8-6-15(7-9-23)19(24)25/h4-5,10-11,15H,6-9H2,1-3H3,(H,24,25)(H,20,21,22). The highest BCUT2D eigenvalue weighted by Crippen LogP contribution is 2.25. The molecule has 1 aromatic carbocycles. The highest BCUT2D eigenvalue weighted by molar-refractivity contribution is 5.70. The minimum Gasteiger partial charge on any atom is -0.481 e. The number of carbonyl (C=O) groups is 1. The van der Waals surface area contributed by atoms with Crippen LogP contribution in [-0.4, -0.2) is 34.1 Å². The number of nitrogens with one attached hydrogen (secondary N) is 1. The average molecular weight is 340 g/mol. The van der Waals surface area contributed by atoms with E-state index in [2.05, 4.69) is 46.2 Å². The number of hydrogen-bond acceptors (Lipinski definition) is 5. The fourth-order valence-corrected chi connectivity index (χ4v) is 3.10. The van der Waals surface area contributed by atoms with E-state index in [-0.39, 0.29) is 5.92 Å². The van der Waals surface area contributed by atoms with E-state index in [4.69, 9.17) is 5.11 Å². The van der Waals surface area contributed by atoms with E-state index in [1.165, 1.54) is 11.1 Å². The van der Waals surface area contributed by atoms with Gasteiger partial charge in [-0.15, -0.1) is 0 Å². The molecule has 0 aliphatic carbocycles. The molecule has 1 aliphatic rings. The van der Waals surface area contributed by atoms with Crippen LogP contribution in [0.5, 0.6) is 0 Å². The SMILES string of the molecule is Cc1nc(Nc2ccc(C)c(C)c2)cc(N2CCC(C(=O)O)CC2)n1. The number of aromatic nitrogens is 2. The summed E-state index contributed by atoms with van der Waals surface area (Å²) in [5, 5.41) is 12.5. The summed E-state index contributed by atoms with van der Waals surface area (Å²) in [7, 11) is 0. The van der Waals surface area contributed by atoms with Crippen molar-refractivity contribution >= 4 is 23.3 Å².